The van der Waals surface area contributed by atoms with E-state index in [4.69, 9.17) is 5.73 Å². The van der Waals surface area contributed by atoms with Crippen molar-refractivity contribution in [2.45, 2.75) is 6.29 Å². The fourth-order valence-corrected chi connectivity index (χ4v) is 1.25. The Kier molecular flexibility index (Phi) is 2.30. The van der Waals surface area contributed by atoms with Gasteiger partial charge in [-0.05, 0) is 12.1 Å². The maximum atomic E-state index is 12.6. The average molecular weight is 230 g/mol. The second-order valence-corrected chi connectivity index (χ2v) is 3.15. The molecule has 0 fully saturated rings. The number of alkyl halides is 2. The van der Waals surface area contributed by atoms with Crippen LogP contribution in [0.5, 0.6) is 11.5 Å². The van der Waals surface area contributed by atoms with Crippen LogP contribution in [0.2, 0.25) is 0 Å². The summed E-state index contributed by atoms with van der Waals surface area (Å²) in [6.07, 6.45) is -3.63. The van der Waals surface area contributed by atoms with E-state index in [9.17, 15) is 13.6 Å². The smallest absolute Gasteiger partial charge is 0.395 e. The summed E-state index contributed by atoms with van der Waals surface area (Å²) in [4.78, 5) is 10.5. The van der Waals surface area contributed by atoms with E-state index in [1.807, 2.05) is 0 Å². The molecule has 5 nitrogen and oxygen atoms in total. The number of carbonyl (C=O) groups is 1. The number of nitrogens with one attached hydrogen (secondary N) is 1. The molecule has 0 radical (unpaired) electrons. The number of rotatable bonds is 3. The van der Waals surface area contributed by atoms with Gasteiger partial charge in [0, 0.05) is 11.8 Å². The Morgan fingerprint density at radius 1 is 1.38 bits per heavy atom. The fourth-order valence-electron chi connectivity index (χ4n) is 1.25. The number of hydrogen-bond donors (Lipinski definition) is 2. The maximum absolute atomic E-state index is 12.6. The maximum Gasteiger partial charge on any atom is 0.586 e. The van der Waals surface area contributed by atoms with Crippen LogP contribution in [0.25, 0.3) is 0 Å². The van der Waals surface area contributed by atoms with E-state index in [2.05, 4.69) is 14.8 Å². The monoisotopic (exact) mass is 230 g/mol. The number of nitrogens with two attached hydrogens (primary N) is 1. The average Bonchev–Trinajstić information content (AvgIpc) is 2.47. The van der Waals surface area contributed by atoms with Gasteiger partial charge in [-0.25, -0.2) is 0 Å². The summed E-state index contributed by atoms with van der Waals surface area (Å²) in [5.41, 5.74) is 5.36. The van der Waals surface area contributed by atoms with Crippen LogP contribution < -0.4 is 20.5 Å². The molecule has 0 atom stereocenters. The fraction of sp³-hybridized carbons (Fsp3) is 0.222. The van der Waals surface area contributed by atoms with Crippen LogP contribution in [0, 0.1) is 0 Å². The van der Waals surface area contributed by atoms with Crippen molar-refractivity contribution in [1.82, 2.24) is 0 Å². The number of amides is 1. The first kappa shape index (κ1) is 10.5. The van der Waals surface area contributed by atoms with E-state index < -0.39 is 12.2 Å². The van der Waals surface area contributed by atoms with E-state index in [1.165, 1.54) is 18.2 Å². The van der Waals surface area contributed by atoms with Gasteiger partial charge in [-0.3, -0.25) is 4.79 Å². The first-order valence-electron chi connectivity index (χ1n) is 4.38. The number of anilines is 1. The molecule has 0 saturated carbocycles. The normalized spacial score (nSPS) is 15.9. The van der Waals surface area contributed by atoms with Gasteiger partial charge < -0.3 is 20.5 Å². The molecule has 1 aromatic rings. The zero-order chi connectivity index (χ0) is 11.8. The summed E-state index contributed by atoms with van der Waals surface area (Å²) in [6.45, 7) is -0.0873. The lowest BCUT2D eigenvalue weighted by atomic mass is 10.3. The third kappa shape index (κ3) is 2.13. The van der Waals surface area contributed by atoms with Gasteiger partial charge in [-0.2, -0.15) is 0 Å². The van der Waals surface area contributed by atoms with Crippen molar-refractivity contribution >= 4 is 11.6 Å². The standard InChI is InChI=1S/C9H8F2N2O3/c10-9(11)15-6-2-1-5(3-7(6)16-9)13-4-8(12)14/h1-3,13H,4H2,(H2,12,14). The van der Waals surface area contributed by atoms with E-state index >= 15 is 0 Å². The minimum Gasteiger partial charge on any atom is -0.395 e. The molecule has 0 aliphatic carbocycles. The molecule has 0 aromatic heterocycles. The van der Waals surface area contributed by atoms with Crippen molar-refractivity contribution in [2.75, 3.05) is 11.9 Å². The summed E-state index contributed by atoms with van der Waals surface area (Å²) in [6, 6.07) is 4.10. The molecule has 1 aliphatic heterocycles. The Bertz CT molecular complexity index is 437. The van der Waals surface area contributed by atoms with Crippen LogP contribution in [0.15, 0.2) is 18.2 Å². The van der Waals surface area contributed by atoms with Crippen LogP contribution in [0.4, 0.5) is 14.5 Å². The molecule has 0 unspecified atom stereocenters. The highest BCUT2D eigenvalue weighted by molar-refractivity contribution is 5.79. The molecule has 1 heterocycles. The minimum atomic E-state index is -3.63. The number of halogens is 2. The quantitative estimate of drug-likeness (QED) is 0.809. The van der Waals surface area contributed by atoms with Crippen molar-refractivity contribution in [3.05, 3.63) is 18.2 Å². The summed E-state index contributed by atoms with van der Waals surface area (Å²) in [7, 11) is 0. The van der Waals surface area contributed by atoms with Gasteiger partial charge in [-0.1, -0.05) is 0 Å². The van der Waals surface area contributed by atoms with E-state index in [-0.39, 0.29) is 18.0 Å². The summed E-state index contributed by atoms with van der Waals surface area (Å²) in [5.74, 6) is -0.683. The molecular weight excluding hydrogens is 222 g/mol. The number of fused-ring (bicyclic) bond motifs is 1. The lowest BCUT2D eigenvalue weighted by Gasteiger charge is -2.04. The topological polar surface area (TPSA) is 73.6 Å². The Morgan fingerprint density at radius 3 is 2.75 bits per heavy atom. The zero-order valence-corrected chi connectivity index (χ0v) is 8.00. The highest BCUT2D eigenvalue weighted by atomic mass is 19.3. The molecule has 0 spiro atoms. The van der Waals surface area contributed by atoms with Crippen LogP contribution >= 0.6 is 0 Å². The second kappa shape index (κ2) is 3.51. The first-order valence-corrected chi connectivity index (χ1v) is 4.38. The van der Waals surface area contributed by atoms with Gasteiger partial charge >= 0.3 is 6.29 Å². The SMILES string of the molecule is NC(=O)CNc1ccc2c(c1)OC(F)(F)O2. The molecular formula is C9H8F2N2O3. The van der Waals surface area contributed by atoms with Crippen molar-refractivity contribution in [3.63, 3.8) is 0 Å². The molecule has 86 valence electrons. The van der Waals surface area contributed by atoms with E-state index in [0.717, 1.165) is 0 Å². The highest BCUT2D eigenvalue weighted by Gasteiger charge is 2.43. The Balaban J connectivity index is 2.13. The molecule has 1 amide bonds. The lowest BCUT2D eigenvalue weighted by Crippen LogP contribution is -2.25. The number of primary amides is 1. The van der Waals surface area contributed by atoms with Gasteiger partial charge in [-0.15, -0.1) is 8.78 Å². The molecule has 2 rings (SSSR count). The second-order valence-electron chi connectivity index (χ2n) is 3.15. The van der Waals surface area contributed by atoms with Crippen molar-refractivity contribution in [1.29, 1.82) is 0 Å². The number of benzene rings is 1. The van der Waals surface area contributed by atoms with Crippen molar-refractivity contribution < 1.29 is 23.0 Å². The Morgan fingerprint density at radius 2 is 2.06 bits per heavy atom. The summed E-state index contributed by atoms with van der Waals surface area (Å²) in [5, 5.41) is 2.65. The molecule has 1 aliphatic rings. The van der Waals surface area contributed by atoms with Crippen LogP contribution in [0.3, 0.4) is 0 Å². The van der Waals surface area contributed by atoms with Crippen LogP contribution in [0.1, 0.15) is 0 Å². The molecule has 16 heavy (non-hydrogen) atoms. The van der Waals surface area contributed by atoms with Crippen LogP contribution in [-0.4, -0.2) is 18.7 Å². The van der Waals surface area contributed by atoms with E-state index in [1.54, 1.807) is 0 Å². The van der Waals surface area contributed by atoms with Crippen molar-refractivity contribution in [2.24, 2.45) is 5.73 Å². The van der Waals surface area contributed by atoms with Gasteiger partial charge in [0.25, 0.3) is 0 Å². The number of hydrogen-bond acceptors (Lipinski definition) is 4. The molecule has 1 aromatic carbocycles. The van der Waals surface area contributed by atoms with Gasteiger partial charge in [0.05, 0.1) is 6.54 Å². The Hall–Kier alpha value is -2.05. The number of carbonyl (C=O) groups excluding carboxylic acids is 1. The predicted molar refractivity (Wildman–Crippen MR) is 50.3 cm³/mol. The highest BCUT2D eigenvalue weighted by Crippen LogP contribution is 2.42. The molecule has 7 heteroatoms. The third-order valence-corrected chi connectivity index (χ3v) is 1.87. The van der Waals surface area contributed by atoms with Crippen molar-refractivity contribution in [3.8, 4) is 11.5 Å². The van der Waals surface area contributed by atoms with Gasteiger partial charge in [0.2, 0.25) is 5.91 Å². The predicted octanol–water partition coefficient (Wildman–Crippen LogP) is 0.905. The number of ether oxygens (including phenoxy) is 2. The largest absolute Gasteiger partial charge is 0.586 e. The molecule has 3 N–H and O–H groups in total. The summed E-state index contributed by atoms with van der Waals surface area (Å²) < 4.78 is 33.7. The molecule has 0 bridgehead atoms. The third-order valence-electron chi connectivity index (χ3n) is 1.87. The van der Waals surface area contributed by atoms with Crippen LogP contribution in [-0.2, 0) is 4.79 Å². The lowest BCUT2D eigenvalue weighted by molar-refractivity contribution is -0.286. The first-order chi connectivity index (χ1) is 7.46. The van der Waals surface area contributed by atoms with Gasteiger partial charge in [0.15, 0.2) is 11.5 Å². The molecule has 0 saturated heterocycles. The van der Waals surface area contributed by atoms with E-state index in [0.29, 0.717) is 5.69 Å². The summed E-state index contributed by atoms with van der Waals surface area (Å²) >= 11 is 0. The Labute approximate surface area is 89.1 Å². The van der Waals surface area contributed by atoms with Gasteiger partial charge in [0.1, 0.15) is 0 Å². The minimum absolute atomic E-state index is 0.0466. The zero-order valence-electron chi connectivity index (χ0n) is 8.00.